The lowest BCUT2D eigenvalue weighted by Crippen LogP contribution is -2.41. The van der Waals surface area contributed by atoms with Crippen LogP contribution in [0.25, 0.3) is 11.1 Å². The lowest BCUT2D eigenvalue weighted by atomic mass is 9.96. The molecular formula is C28H31N3O4. The second-order valence-corrected chi connectivity index (χ2v) is 9.53. The first kappa shape index (κ1) is 23.1. The molecule has 0 radical (unpaired) electrons. The number of aromatic nitrogens is 1. The number of hydrogen-bond donors (Lipinski definition) is 1. The smallest absolute Gasteiger partial charge is 0.251 e. The molecule has 1 aliphatic heterocycles. The van der Waals surface area contributed by atoms with E-state index in [0.717, 1.165) is 52.3 Å². The van der Waals surface area contributed by atoms with E-state index < -0.39 is 0 Å². The molecule has 2 amide bonds. The Balaban J connectivity index is 1.47. The number of carbonyl (C=O) groups is 2. The molecule has 1 aliphatic carbocycles. The Morgan fingerprint density at radius 1 is 1.11 bits per heavy atom. The van der Waals surface area contributed by atoms with Crippen molar-refractivity contribution in [2.45, 2.75) is 39.5 Å². The van der Waals surface area contributed by atoms with Crippen LogP contribution in [0.4, 0.5) is 0 Å². The monoisotopic (exact) mass is 473 g/mol. The summed E-state index contributed by atoms with van der Waals surface area (Å²) in [5.41, 5.74) is 5.48. The summed E-state index contributed by atoms with van der Waals surface area (Å²) >= 11 is 0. The Morgan fingerprint density at radius 3 is 2.74 bits per heavy atom. The van der Waals surface area contributed by atoms with Gasteiger partial charge in [0.25, 0.3) is 5.91 Å². The van der Waals surface area contributed by atoms with Crippen LogP contribution in [0.5, 0.6) is 5.75 Å². The van der Waals surface area contributed by atoms with Crippen LogP contribution in [0, 0.1) is 19.8 Å². The van der Waals surface area contributed by atoms with E-state index in [4.69, 9.17) is 9.26 Å². The number of carbonyl (C=O) groups excluding carboxylic acids is 2. The molecule has 3 aromatic rings. The van der Waals surface area contributed by atoms with Crippen LogP contribution in [-0.4, -0.2) is 48.1 Å². The van der Waals surface area contributed by atoms with Crippen LogP contribution in [-0.2, 0) is 11.2 Å². The molecule has 0 spiro atoms. The lowest BCUT2D eigenvalue weighted by Gasteiger charge is -2.24. The van der Waals surface area contributed by atoms with Crippen molar-refractivity contribution < 1.29 is 18.8 Å². The zero-order valence-electron chi connectivity index (χ0n) is 20.3. The van der Waals surface area contributed by atoms with E-state index in [0.29, 0.717) is 50.6 Å². The molecule has 7 nitrogen and oxygen atoms in total. The Bertz CT molecular complexity index is 1230. The number of benzene rings is 2. The van der Waals surface area contributed by atoms with Crippen molar-refractivity contribution in [3.63, 3.8) is 0 Å². The van der Waals surface area contributed by atoms with E-state index in [1.54, 1.807) is 0 Å². The van der Waals surface area contributed by atoms with E-state index in [1.807, 2.05) is 55.1 Å². The van der Waals surface area contributed by atoms with Gasteiger partial charge in [-0.15, -0.1) is 0 Å². The molecular weight excluding hydrogens is 442 g/mol. The van der Waals surface area contributed by atoms with Gasteiger partial charge in [-0.25, -0.2) is 0 Å². The normalized spacial score (nSPS) is 16.6. The molecule has 1 aromatic heterocycles. The quantitative estimate of drug-likeness (QED) is 0.613. The van der Waals surface area contributed by atoms with Crippen molar-refractivity contribution in [2.75, 3.05) is 26.2 Å². The van der Waals surface area contributed by atoms with Crippen LogP contribution in [0.15, 0.2) is 47.0 Å². The molecule has 5 rings (SSSR count). The van der Waals surface area contributed by atoms with Crippen molar-refractivity contribution in [2.24, 2.45) is 5.92 Å². The minimum atomic E-state index is -0.126. The number of rotatable bonds is 3. The zero-order valence-corrected chi connectivity index (χ0v) is 20.3. The Morgan fingerprint density at radius 2 is 1.97 bits per heavy atom. The maximum absolute atomic E-state index is 12.8. The van der Waals surface area contributed by atoms with E-state index in [9.17, 15) is 9.59 Å². The molecule has 35 heavy (non-hydrogen) atoms. The molecule has 2 aromatic carbocycles. The second-order valence-electron chi connectivity index (χ2n) is 9.53. The van der Waals surface area contributed by atoms with Crippen LogP contribution < -0.4 is 10.1 Å². The predicted octanol–water partition coefficient (Wildman–Crippen LogP) is 4.30. The van der Waals surface area contributed by atoms with Crippen molar-refractivity contribution in [3.05, 3.63) is 70.6 Å². The maximum Gasteiger partial charge on any atom is 0.251 e. The van der Waals surface area contributed by atoms with Gasteiger partial charge in [-0.2, -0.15) is 0 Å². The van der Waals surface area contributed by atoms with Gasteiger partial charge in [-0.3, -0.25) is 9.59 Å². The van der Waals surface area contributed by atoms with Crippen LogP contribution in [0.2, 0.25) is 0 Å². The minimum absolute atomic E-state index is 0.126. The van der Waals surface area contributed by atoms with Crippen molar-refractivity contribution >= 4 is 11.8 Å². The summed E-state index contributed by atoms with van der Waals surface area (Å²) in [5.74, 6) is 2.07. The summed E-state index contributed by atoms with van der Waals surface area (Å²) in [5, 5.41) is 7.06. The minimum Gasteiger partial charge on any atom is -0.491 e. The van der Waals surface area contributed by atoms with Gasteiger partial charge in [0.1, 0.15) is 18.1 Å². The van der Waals surface area contributed by atoms with Crippen molar-refractivity contribution in [1.29, 1.82) is 0 Å². The van der Waals surface area contributed by atoms with Gasteiger partial charge in [0, 0.05) is 37.1 Å². The van der Waals surface area contributed by atoms with E-state index >= 15 is 0 Å². The number of nitrogens with one attached hydrogen (secondary N) is 1. The van der Waals surface area contributed by atoms with Gasteiger partial charge >= 0.3 is 0 Å². The summed E-state index contributed by atoms with van der Waals surface area (Å²) in [6.07, 6.45) is 3.44. The zero-order chi connectivity index (χ0) is 24.4. The predicted molar refractivity (Wildman–Crippen MR) is 132 cm³/mol. The fourth-order valence-corrected chi connectivity index (χ4v) is 4.68. The highest BCUT2D eigenvalue weighted by atomic mass is 16.5. The van der Waals surface area contributed by atoms with Gasteiger partial charge in [0.05, 0.1) is 12.2 Å². The van der Waals surface area contributed by atoms with Gasteiger partial charge in [0.15, 0.2) is 0 Å². The molecule has 1 N–H and O–H groups in total. The first-order valence-corrected chi connectivity index (χ1v) is 12.3. The van der Waals surface area contributed by atoms with Gasteiger partial charge in [-0.05, 0) is 73.6 Å². The van der Waals surface area contributed by atoms with Crippen molar-refractivity contribution in [1.82, 2.24) is 15.4 Å². The van der Waals surface area contributed by atoms with Gasteiger partial charge in [-0.1, -0.05) is 23.4 Å². The fraction of sp³-hybridized carbons (Fsp3) is 0.393. The summed E-state index contributed by atoms with van der Waals surface area (Å²) in [6, 6.07) is 13.8. The Kier molecular flexibility index (Phi) is 6.57. The maximum atomic E-state index is 12.8. The average Bonchev–Trinajstić information content (AvgIpc) is 3.60. The number of amides is 2. The molecule has 0 unspecified atom stereocenters. The number of nitrogens with zero attached hydrogens (tertiary/aromatic N) is 2. The third-order valence-electron chi connectivity index (χ3n) is 6.77. The van der Waals surface area contributed by atoms with Crippen LogP contribution in [0.1, 0.15) is 52.2 Å². The third kappa shape index (κ3) is 5.39. The van der Waals surface area contributed by atoms with E-state index in [1.165, 1.54) is 0 Å². The molecule has 182 valence electrons. The number of fused-ring (bicyclic) bond motifs is 3. The molecule has 2 heterocycles. The molecule has 7 heteroatoms. The molecule has 2 aliphatic rings. The highest BCUT2D eigenvalue weighted by Crippen LogP contribution is 2.34. The summed E-state index contributed by atoms with van der Waals surface area (Å²) < 4.78 is 11.6. The molecule has 1 fully saturated rings. The average molecular weight is 474 g/mol. The number of hydrogen-bond acceptors (Lipinski definition) is 5. The molecule has 0 saturated heterocycles. The highest BCUT2D eigenvalue weighted by Gasteiger charge is 2.27. The second kappa shape index (κ2) is 9.94. The topological polar surface area (TPSA) is 84.7 Å². The van der Waals surface area contributed by atoms with Crippen LogP contribution in [0.3, 0.4) is 0 Å². The summed E-state index contributed by atoms with van der Waals surface area (Å²) in [4.78, 5) is 27.4. The van der Waals surface area contributed by atoms with Crippen LogP contribution >= 0.6 is 0 Å². The first-order chi connectivity index (χ1) is 17.0. The van der Waals surface area contributed by atoms with E-state index in [2.05, 4.69) is 16.5 Å². The van der Waals surface area contributed by atoms with Gasteiger partial charge < -0.3 is 19.5 Å². The largest absolute Gasteiger partial charge is 0.491 e. The number of ether oxygens (including phenoxy) is 1. The van der Waals surface area contributed by atoms with E-state index in [-0.39, 0.29) is 11.8 Å². The number of aryl methyl sites for hydroxylation is 2. The summed E-state index contributed by atoms with van der Waals surface area (Å²) in [7, 11) is 0. The summed E-state index contributed by atoms with van der Waals surface area (Å²) in [6.45, 7) is 5.60. The lowest BCUT2D eigenvalue weighted by molar-refractivity contribution is -0.131. The van der Waals surface area contributed by atoms with Crippen molar-refractivity contribution in [3.8, 4) is 16.9 Å². The third-order valence-corrected chi connectivity index (χ3v) is 6.77. The fourth-order valence-electron chi connectivity index (χ4n) is 4.68. The highest BCUT2D eigenvalue weighted by molar-refractivity contribution is 5.94. The SMILES string of the molecule is Cc1noc(C)c1-c1ccc2c(c1)Cc1cccc(c1)C(=O)NCCN(C(=O)CC1CC1)CCO2. The molecule has 2 bridgehead atoms. The Hall–Kier alpha value is -3.61. The molecule has 0 atom stereocenters. The Labute approximate surface area is 205 Å². The van der Waals surface area contributed by atoms with Gasteiger partial charge in [0.2, 0.25) is 5.91 Å². The first-order valence-electron chi connectivity index (χ1n) is 12.3. The standard InChI is InChI=1S/C28H31N3O4/c1-18-27(19(2)35-30-18)22-8-9-25-24(17-22)15-21-4-3-5-23(14-21)28(33)29-10-11-31(12-13-34-25)26(32)16-20-6-7-20/h3-5,8-9,14,17,20H,6-7,10-13,15-16H2,1-2H3,(H,29,33). The molecule has 1 saturated carbocycles.